The molecule has 0 spiro atoms. The van der Waals surface area contributed by atoms with Gasteiger partial charge < -0.3 is 4.74 Å². The molecule has 0 aliphatic carbocycles. The fraction of sp³-hybridized carbons (Fsp3) is 0.118. The molecule has 0 saturated carbocycles. The summed E-state index contributed by atoms with van der Waals surface area (Å²) in [6, 6.07) is 19.6. The van der Waals surface area contributed by atoms with Crippen molar-refractivity contribution in [3.8, 4) is 23.1 Å². The molecule has 0 aliphatic rings. The van der Waals surface area contributed by atoms with Crippen LogP contribution in [-0.4, -0.2) is 22.1 Å². The molecule has 0 atom stereocenters. The standard InChI is InChI=1S/C17H14N4O/c1-22-15-9-7-14(8-10-15)17-16(11-18)19-20-21(17)12-13-5-3-2-4-6-13/h2-10H,12H2,1H3. The fourth-order valence-corrected chi connectivity index (χ4v) is 2.29. The highest BCUT2D eigenvalue weighted by Crippen LogP contribution is 2.25. The van der Waals surface area contributed by atoms with Crippen LogP contribution in [0.2, 0.25) is 0 Å². The summed E-state index contributed by atoms with van der Waals surface area (Å²) in [6.45, 7) is 0.566. The van der Waals surface area contributed by atoms with Crippen LogP contribution in [0.4, 0.5) is 0 Å². The maximum atomic E-state index is 9.27. The molecule has 0 bridgehead atoms. The van der Waals surface area contributed by atoms with E-state index in [9.17, 15) is 5.26 Å². The average molecular weight is 290 g/mol. The number of benzene rings is 2. The van der Waals surface area contributed by atoms with Gasteiger partial charge in [0.1, 0.15) is 17.5 Å². The van der Waals surface area contributed by atoms with Gasteiger partial charge >= 0.3 is 0 Å². The highest BCUT2D eigenvalue weighted by atomic mass is 16.5. The van der Waals surface area contributed by atoms with Crippen molar-refractivity contribution in [3.63, 3.8) is 0 Å². The molecule has 0 amide bonds. The quantitative estimate of drug-likeness (QED) is 0.741. The zero-order valence-electron chi connectivity index (χ0n) is 12.1. The number of methoxy groups -OCH3 is 1. The molecule has 0 unspecified atom stereocenters. The van der Waals surface area contributed by atoms with Gasteiger partial charge in [-0.05, 0) is 29.8 Å². The molecule has 0 fully saturated rings. The molecular weight excluding hydrogens is 276 g/mol. The van der Waals surface area contributed by atoms with Crippen LogP contribution in [0.25, 0.3) is 11.3 Å². The molecule has 3 aromatic rings. The third kappa shape index (κ3) is 2.67. The minimum atomic E-state index is 0.320. The Kier molecular flexibility index (Phi) is 3.84. The highest BCUT2D eigenvalue weighted by molar-refractivity contribution is 5.65. The summed E-state index contributed by atoms with van der Waals surface area (Å²) in [4.78, 5) is 0. The van der Waals surface area contributed by atoms with Crippen LogP contribution < -0.4 is 4.74 Å². The molecule has 2 aromatic carbocycles. The van der Waals surface area contributed by atoms with Gasteiger partial charge in [0.05, 0.1) is 13.7 Å². The molecular formula is C17H14N4O. The van der Waals surface area contributed by atoms with Crippen molar-refractivity contribution in [3.05, 3.63) is 65.9 Å². The third-order valence-electron chi connectivity index (χ3n) is 3.38. The van der Waals surface area contributed by atoms with E-state index in [-0.39, 0.29) is 0 Å². The normalized spacial score (nSPS) is 10.2. The Labute approximate surface area is 128 Å². The van der Waals surface area contributed by atoms with Crippen LogP contribution in [0, 0.1) is 11.3 Å². The monoisotopic (exact) mass is 290 g/mol. The second kappa shape index (κ2) is 6.10. The first kappa shape index (κ1) is 13.8. The Morgan fingerprint density at radius 2 is 1.82 bits per heavy atom. The summed E-state index contributed by atoms with van der Waals surface area (Å²) in [5.74, 6) is 0.768. The molecule has 1 aromatic heterocycles. The summed E-state index contributed by atoms with van der Waals surface area (Å²) >= 11 is 0. The summed E-state index contributed by atoms with van der Waals surface area (Å²) < 4.78 is 6.91. The molecule has 0 saturated heterocycles. The van der Waals surface area contributed by atoms with Gasteiger partial charge in [0.2, 0.25) is 0 Å². The zero-order chi connectivity index (χ0) is 15.4. The van der Waals surface area contributed by atoms with Crippen LogP contribution in [-0.2, 0) is 6.54 Å². The summed E-state index contributed by atoms with van der Waals surface area (Å²) in [7, 11) is 1.62. The van der Waals surface area contributed by atoms with Crippen molar-refractivity contribution in [2.75, 3.05) is 7.11 Å². The van der Waals surface area contributed by atoms with Crippen molar-refractivity contribution in [2.45, 2.75) is 6.54 Å². The Balaban J connectivity index is 2.02. The minimum absolute atomic E-state index is 0.320. The smallest absolute Gasteiger partial charge is 0.190 e. The lowest BCUT2D eigenvalue weighted by atomic mass is 10.1. The number of ether oxygens (including phenoxy) is 1. The number of hydrogen-bond donors (Lipinski definition) is 0. The van der Waals surface area contributed by atoms with Gasteiger partial charge in [-0.3, -0.25) is 0 Å². The average Bonchev–Trinajstić information content (AvgIpc) is 2.98. The first-order chi connectivity index (χ1) is 10.8. The van der Waals surface area contributed by atoms with Gasteiger partial charge in [0.15, 0.2) is 5.69 Å². The molecule has 108 valence electrons. The topological polar surface area (TPSA) is 63.7 Å². The Bertz CT molecular complexity index is 801. The molecule has 0 radical (unpaired) electrons. The molecule has 5 heteroatoms. The van der Waals surface area contributed by atoms with Crippen molar-refractivity contribution < 1.29 is 4.74 Å². The van der Waals surface area contributed by atoms with E-state index in [0.29, 0.717) is 17.9 Å². The van der Waals surface area contributed by atoms with E-state index in [1.165, 1.54) is 0 Å². The van der Waals surface area contributed by atoms with Crippen molar-refractivity contribution in [1.82, 2.24) is 15.0 Å². The lowest BCUT2D eigenvalue weighted by molar-refractivity contribution is 0.415. The molecule has 5 nitrogen and oxygen atoms in total. The Hall–Kier alpha value is -3.13. The van der Waals surface area contributed by atoms with Crippen molar-refractivity contribution >= 4 is 0 Å². The number of nitriles is 1. The van der Waals surface area contributed by atoms with Gasteiger partial charge in [0.25, 0.3) is 0 Å². The lowest BCUT2D eigenvalue weighted by Gasteiger charge is -2.07. The van der Waals surface area contributed by atoms with Crippen LogP contribution in [0.3, 0.4) is 0 Å². The molecule has 0 aliphatic heterocycles. The summed E-state index contributed by atoms with van der Waals surface area (Å²) in [5, 5.41) is 17.4. The van der Waals surface area contributed by atoms with Crippen LogP contribution in [0.1, 0.15) is 11.3 Å². The Morgan fingerprint density at radius 3 is 2.45 bits per heavy atom. The predicted molar refractivity (Wildman–Crippen MR) is 82.3 cm³/mol. The molecule has 22 heavy (non-hydrogen) atoms. The van der Waals surface area contributed by atoms with Gasteiger partial charge in [-0.2, -0.15) is 5.26 Å². The number of rotatable bonds is 4. The van der Waals surface area contributed by atoms with E-state index >= 15 is 0 Å². The highest BCUT2D eigenvalue weighted by Gasteiger charge is 2.15. The predicted octanol–water partition coefficient (Wildman–Crippen LogP) is 2.87. The van der Waals surface area contributed by atoms with Crippen LogP contribution in [0.15, 0.2) is 54.6 Å². The number of nitrogens with zero attached hydrogens (tertiary/aromatic N) is 4. The van der Waals surface area contributed by atoms with E-state index in [2.05, 4.69) is 16.4 Å². The number of aromatic nitrogens is 3. The van der Waals surface area contributed by atoms with E-state index in [0.717, 1.165) is 16.9 Å². The van der Waals surface area contributed by atoms with Crippen molar-refractivity contribution in [2.24, 2.45) is 0 Å². The second-order valence-corrected chi connectivity index (χ2v) is 4.77. The molecule has 0 N–H and O–H groups in total. The minimum Gasteiger partial charge on any atom is -0.497 e. The van der Waals surface area contributed by atoms with Gasteiger partial charge in [-0.1, -0.05) is 35.5 Å². The summed E-state index contributed by atoms with van der Waals surface area (Å²) in [5.41, 5.74) is 3.03. The maximum absolute atomic E-state index is 9.27. The lowest BCUT2D eigenvalue weighted by Crippen LogP contribution is -2.04. The van der Waals surface area contributed by atoms with E-state index in [4.69, 9.17) is 4.74 Å². The zero-order valence-corrected chi connectivity index (χ0v) is 12.1. The van der Waals surface area contributed by atoms with Crippen molar-refractivity contribution in [1.29, 1.82) is 5.26 Å². The molecule has 1 heterocycles. The van der Waals surface area contributed by atoms with Crippen LogP contribution in [0.5, 0.6) is 5.75 Å². The van der Waals surface area contributed by atoms with Crippen LogP contribution >= 0.6 is 0 Å². The fourth-order valence-electron chi connectivity index (χ4n) is 2.29. The first-order valence-corrected chi connectivity index (χ1v) is 6.84. The van der Waals surface area contributed by atoms with Gasteiger partial charge in [-0.25, -0.2) is 4.68 Å². The maximum Gasteiger partial charge on any atom is 0.190 e. The second-order valence-electron chi connectivity index (χ2n) is 4.77. The third-order valence-corrected chi connectivity index (χ3v) is 3.38. The van der Waals surface area contributed by atoms with E-state index in [1.54, 1.807) is 11.8 Å². The molecule has 3 rings (SSSR count). The Morgan fingerprint density at radius 1 is 1.09 bits per heavy atom. The van der Waals surface area contributed by atoms with E-state index < -0.39 is 0 Å². The number of hydrogen-bond acceptors (Lipinski definition) is 4. The SMILES string of the molecule is COc1ccc(-c2c(C#N)nnn2Cc2ccccc2)cc1. The largest absolute Gasteiger partial charge is 0.497 e. The summed E-state index contributed by atoms with van der Waals surface area (Å²) in [6.07, 6.45) is 0. The first-order valence-electron chi connectivity index (χ1n) is 6.84. The van der Waals surface area contributed by atoms with Gasteiger partial charge in [0, 0.05) is 5.56 Å². The van der Waals surface area contributed by atoms with E-state index in [1.807, 2.05) is 54.6 Å². The van der Waals surface area contributed by atoms with Gasteiger partial charge in [-0.15, -0.1) is 5.10 Å².